The summed E-state index contributed by atoms with van der Waals surface area (Å²) < 4.78 is 10.9. The van der Waals surface area contributed by atoms with Gasteiger partial charge in [0.2, 0.25) is 11.7 Å². The first-order valence-corrected chi connectivity index (χ1v) is 9.47. The van der Waals surface area contributed by atoms with Gasteiger partial charge in [0.15, 0.2) is 0 Å². The predicted molar refractivity (Wildman–Crippen MR) is 105 cm³/mol. The zero-order valence-corrected chi connectivity index (χ0v) is 16.2. The molecule has 0 radical (unpaired) electrons. The second-order valence-corrected chi connectivity index (χ2v) is 7.03. The first-order valence-electron chi connectivity index (χ1n) is 8.59. The maximum atomic E-state index is 12.9. The summed E-state index contributed by atoms with van der Waals surface area (Å²) in [5.74, 6) is 1.47. The minimum Gasteiger partial charge on any atom is -0.489 e. The van der Waals surface area contributed by atoms with Crippen molar-refractivity contribution in [3.63, 3.8) is 0 Å². The third kappa shape index (κ3) is 4.83. The van der Waals surface area contributed by atoms with E-state index in [0.29, 0.717) is 36.2 Å². The Bertz CT molecular complexity index is 918. The molecule has 3 aromatic rings. The minimum atomic E-state index is -0.117. The van der Waals surface area contributed by atoms with Crippen LogP contribution < -0.4 is 4.74 Å². The van der Waals surface area contributed by atoms with Crippen molar-refractivity contribution < 1.29 is 14.1 Å². The van der Waals surface area contributed by atoms with Crippen LogP contribution in [0.25, 0.3) is 10.7 Å². The largest absolute Gasteiger partial charge is 0.489 e. The van der Waals surface area contributed by atoms with Gasteiger partial charge in [0.1, 0.15) is 18.9 Å². The SMILES string of the molecule is C=C(C)COc1cccc(C(=O)N(CC)Cc2nc(-c3cccs3)no2)c1. The van der Waals surface area contributed by atoms with Crippen molar-refractivity contribution in [2.24, 2.45) is 0 Å². The van der Waals surface area contributed by atoms with Gasteiger partial charge in [-0.05, 0) is 49.1 Å². The van der Waals surface area contributed by atoms with E-state index < -0.39 is 0 Å². The van der Waals surface area contributed by atoms with Crippen LogP contribution in [0.1, 0.15) is 30.1 Å². The highest BCUT2D eigenvalue weighted by Crippen LogP contribution is 2.22. The molecule has 3 rings (SSSR count). The van der Waals surface area contributed by atoms with Crippen molar-refractivity contribution in [2.45, 2.75) is 20.4 Å². The Hall–Kier alpha value is -2.93. The molecule has 2 heterocycles. The third-order valence-electron chi connectivity index (χ3n) is 3.77. The molecule has 0 aliphatic carbocycles. The van der Waals surface area contributed by atoms with E-state index in [-0.39, 0.29) is 12.5 Å². The molecule has 0 aliphatic heterocycles. The molecule has 27 heavy (non-hydrogen) atoms. The molecule has 0 saturated heterocycles. The highest BCUT2D eigenvalue weighted by Gasteiger charge is 2.19. The van der Waals surface area contributed by atoms with E-state index in [4.69, 9.17) is 9.26 Å². The standard InChI is InChI=1S/C20H21N3O3S/c1-4-23(12-18-21-19(22-26-18)17-9-6-10-27-17)20(24)15-7-5-8-16(11-15)25-13-14(2)3/h5-11H,2,4,12-13H2,1,3H3. The van der Waals surface area contributed by atoms with E-state index in [1.54, 1.807) is 23.1 Å². The molecule has 6 nitrogen and oxygen atoms in total. The number of carbonyl (C=O) groups excluding carboxylic acids is 1. The Balaban J connectivity index is 1.71. The van der Waals surface area contributed by atoms with E-state index in [2.05, 4.69) is 16.7 Å². The lowest BCUT2D eigenvalue weighted by Gasteiger charge is -2.19. The van der Waals surface area contributed by atoms with Crippen LogP contribution in [0.15, 0.2) is 58.5 Å². The molecule has 0 aliphatic rings. The summed E-state index contributed by atoms with van der Waals surface area (Å²) >= 11 is 1.54. The van der Waals surface area contributed by atoms with Crippen molar-refractivity contribution in [1.29, 1.82) is 0 Å². The Morgan fingerprint density at radius 1 is 1.33 bits per heavy atom. The van der Waals surface area contributed by atoms with Crippen LogP contribution in [-0.4, -0.2) is 34.1 Å². The second kappa shape index (κ2) is 8.64. The zero-order valence-electron chi connectivity index (χ0n) is 15.3. The molecule has 140 valence electrons. The van der Waals surface area contributed by atoms with Gasteiger partial charge in [0, 0.05) is 12.1 Å². The number of rotatable bonds is 8. The van der Waals surface area contributed by atoms with Crippen molar-refractivity contribution in [1.82, 2.24) is 15.0 Å². The Labute approximate surface area is 162 Å². The quantitative estimate of drug-likeness (QED) is 0.539. The summed E-state index contributed by atoms with van der Waals surface area (Å²) in [7, 11) is 0. The molecule has 0 bridgehead atoms. The summed E-state index contributed by atoms with van der Waals surface area (Å²) in [6.45, 7) is 8.81. The molecule has 0 spiro atoms. The fraction of sp³-hybridized carbons (Fsp3) is 0.250. The van der Waals surface area contributed by atoms with Crippen LogP contribution in [0.2, 0.25) is 0 Å². The molecule has 1 amide bonds. The van der Waals surface area contributed by atoms with Gasteiger partial charge in [-0.25, -0.2) is 0 Å². The average molecular weight is 383 g/mol. The number of carbonyl (C=O) groups is 1. The molecular formula is C20H21N3O3S. The van der Waals surface area contributed by atoms with Gasteiger partial charge in [-0.1, -0.05) is 23.9 Å². The molecule has 0 N–H and O–H groups in total. The monoisotopic (exact) mass is 383 g/mol. The van der Waals surface area contributed by atoms with Crippen molar-refractivity contribution >= 4 is 17.2 Å². The van der Waals surface area contributed by atoms with Crippen LogP contribution in [-0.2, 0) is 6.54 Å². The van der Waals surface area contributed by atoms with Crippen LogP contribution in [0.3, 0.4) is 0 Å². The van der Waals surface area contributed by atoms with E-state index in [0.717, 1.165) is 10.5 Å². The lowest BCUT2D eigenvalue weighted by atomic mass is 10.2. The molecule has 7 heteroatoms. The Morgan fingerprint density at radius 3 is 2.89 bits per heavy atom. The van der Waals surface area contributed by atoms with Gasteiger partial charge in [0.05, 0.1) is 4.88 Å². The van der Waals surface area contributed by atoms with Gasteiger partial charge < -0.3 is 14.2 Å². The van der Waals surface area contributed by atoms with Gasteiger partial charge in [-0.2, -0.15) is 4.98 Å². The smallest absolute Gasteiger partial charge is 0.254 e. The number of amides is 1. The van der Waals surface area contributed by atoms with Crippen LogP contribution in [0.4, 0.5) is 0 Å². The number of nitrogens with zero attached hydrogens (tertiary/aromatic N) is 3. The highest BCUT2D eigenvalue weighted by molar-refractivity contribution is 7.13. The number of ether oxygens (including phenoxy) is 1. The average Bonchev–Trinajstić information content (AvgIpc) is 3.35. The second-order valence-electron chi connectivity index (χ2n) is 6.08. The van der Waals surface area contributed by atoms with E-state index in [9.17, 15) is 4.79 Å². The third-order valence-corrected chi connectivity index (χ3v) is 4.64. The highest BCUT2D eigenvalue weighted by atomic mass is 32.1. The number of hydrogen-bond donors (Lipinski definition) is 0. The van der Waals surface area contributed by atoms with Crippen LogP contribution >= 0.6 is 11.3 Å². The maximum Gasteiger partial charge on any atom is 0.254 e. The fourth-order valence-electron chi connectivity index (χ4n) is 2.42. The fourth-order valence-corrected chi connectivity index (χ4v) is 3.07. The van der Waals surface area contributed by atoms with Gasteiger partial charge in [-0.15, -0.1) is 11.3 Å². The summed E-state index contributed by atoms with van der Waals surface area (Å²) in [6, 6.07) is 11.0. The maximum absolute atomic E-state index is 12.9. The Morgan fingerprint density at radius 2 is 2.19 bits per heavy atom. The lowest BCUT2D eigenvalue weighted by Crippen LogP contribution is -2.30. The zero-order chi connectivity index (χ0) is 19.2. The summed E-state index contributed by atoms with van der Waals surface area (Å²) in [4.78, 5) is 19.8. The molecular weight excluding hydrogens is 362 g/mol. The number of aromatic nitrogens is 2. The summed E-state index contributed by atoms with van der Waals surface area (Å²) in [5, 5.41) is 5.95. The number of hydrogen-bond acceptors (Lipinski definition) is 6. The van der Waals surface area contributed by atoms with E-state index in [1.807, 2.05) is 37.4 Å². The lowest BCUT2D eigenvalue weighted by molar-refractivity contribution is 0.0734. The van der Waals surface area contributed by atoms with Crippen molar-refractivity contribution in [2.75, 3.05) is 13.2 Å². The molecule has 0 unspecified atom stereocenters. The first kappa shape index (κ1) is 18.8. The van der Waals surface area contributed by atoms with Crippen LogP contribution in [0.5, 0.6) is 5.75 Å². The predicted octanol–water partition coefficient (Wildman–Crippen LogP) is 4.42. The topological polar surface area (TPSA) is 68.5 Å². The van der Waals surface area contributed by atoms with E-state index >= 15 is 0 Å². The summed E-state index contributed by atoms with van der Waals surface area (Å²) in [6.07, 6.45) is 0. The van der Waals surface area contributed by atoms with E-state index in [1.165, 1.54) is 11.3 Å². The molecule has 0 atom stereocenters. The van der Waals surface area contributed by atoms with Crippen molar-refractivity contribution in [3.8, 4) is 16.5 Å². The number of benzene rings is 1. The van der Waals surface area contributed by atoms with Gasteiger partial charge in [0.25, 0.3) is 5.91 Å². The van der Waals surface area contributed by atoms with Crippen molar-refractivity contribution in [3.05, 3.63) is 65.4 Å². The first-order chi connectivity index (χ1) is 13.1. The van der Waals surface area contributed by atoms with Crippen LogP contribution in [0, 0.1) is 0 Å². The Kier molecular flexibility index (Phi) is 6.03. The van der Waals surface area contributed by atoms with Gasteiger partial charge >= 0.3 is 0 Å². The minimum absolute atomic E-state index is 0.117. The normalized spacial score (nSPS) is 10.6. The van der Waals surface area contributed by atoms with Gasteiger partial charge in [-0.3, -0.25) is 4.79 Å². The molecule has 2 aromatic heterocycles. The molecule has 1 aromatic carbocycles. The summed E-state index contributed by atoms with van der Waals surface area (Å²) in [5.41, 5.74) is 1.47. The number of thiophene rings is 1. The molecule has 0 fully saturated rings. The molecule has 0 saturated carbocycles.